The maximum atomic E-state index is 5.67. The summed E-state index contributed by atoms with van der Waals surface area (Å²) in [5, 5.41) is 0. The van der Waals surface area contributed by atoms with Crippen LogP contribution in [0.4, 0.5) is 5.69 Å². The second-order valence-corrected chi connectivity index (χ2v) is 3.28. The van der Waals surface area contributed by atoms with Crippen LogP contribution in [0.2, 0.25) is 0 Å². The number of benzene rings is 1. The highest BCUT2D eigenvalue weighted by atomic mass is 127. The Morgan fingerprint density at radius 2 is 1.92 bits per heavy atom. The smallest absolute Gasteiger partial charge is 0.158 e. The summed E-state index contributed by atoms with van der Waals surface area (Å²) in [4.78, 5) is 0. The zero-order valence-electron chi connectivity index (χ0n) is 6.93. The molecule has 0 aliphatic rings. The highest BCUT2D eigenvalue weighted by Gasteiger charge is 2.09. The summed E-state index contributed by atoms with van der Waals surface area (Å²) in [6.07, 6.45) is 0. The molecule has 0 aliphatic heterocycles. The molecule has 2 N–H and O–H groups in total. The van der Waals surface area contributed by atoms with Gasteiger partial charge in [-0.15, -0.1) is 0 Å². The third kappa shape index (κ3) is 1.57. The van der Waals surface area contributed by atoms with E-state index < -0.39 is 0 Å². The first-order valence-corrected chi connectivity index (χ1v) is 4.44. The zero-order chi connectivity index (χ0) is 9.14. The van der Waals surface area contributed by atoms with Crippen LogP contribution in [0.5, 0.6) is 11.5 Å². The Kier molecular flexibility index (Phi) is 3.02. The molecule has 0 amide bonds. The molecule has 0 radical (unpaired) electrons. The first-order valence-electron chi connectivity index (χ1n) is 3.36. The van der Waals surface area contributed by atoms with E-state index in [0.29, 0.717) is 11.4 Å². The van der Waals surface area contributed by atoms with Crippen molar-refractivity contribution in [1.82, 2.24) is 0 Å². The summed E-state index contributed by atoms with van der Waals surface area (Å²) < 4.78 is 11.1. The molecule has 0 atom stereocenters. The van der Waals surface area contributed by atoms with Crippen molar-refractivity contribution in [2.45, 2.75) is 0 Å². The summed E-state index contributed by atoms with van der Waals surface area (Å²) in [5.74, 6) is 1.46. The molecule has 0 saturated heterocycles. The lowest BCUT2D eigenvalue weighted by Gasteiger charge is -2.09. The van der Waals surface area contributed by atoms with Gasteiger partial charge in [0.1, 0.15) is 5.75 Å². The summed E-state index contributed by atoms with van der Waals surface area (Å²) in [5.41, 5.74) is 6.30. The molecule has 0 unspecified atom stereocenters. The van der Waals surface area contributed by atoms with Gasteiger partial charge in [-0.3, -0.25) is 0 Å². The van der Waals surface area contributed by atoms with Crippen LogP contribution in [0, 0.1) is 3.57 Å². The Morgan fingerprint density at radius 1 is 1.25 bits per heavy atom. The van der Waals surface area contributed by atoms with Gasteiger partial charge >= 0.3 is 0 Å². The second-order valence-electron chi connectivity index (χ2n) is 2.20. The van der Waals surface area contributed by atoms with E-state index in [1.165, 1.54) is 0 Å². The van der Waals surface area contributed by atoms with Crippen LogP contribution in [0.3, 0.4) is 0 Å². The lowest BCUT2D eigenvalue weighted by atomic mass is 10.3. The monoisotopic (exact) mass is 279 g/mol. The molecule has 0 fully saturated rings. The van der Waals surface area contributed by atoms with Gasteiger partial charge in [0.25, 0.3) is 0 Å². The molecule has 3 nitrogen and oxygen atoms in total. The van der Waals surface area contributed by atoms with Crippen molar-refractivity contribution in [3.63, 3.8) is 0 Å². The van der Waals surface area contributed by atoms with E-state index in [9.17, 15) is 0 Å². The van der Waals surface area contributed by atoms with Gasteiger partial charge in [0, 0.05) is 0 Å². The lowest BCUT2D eigenvalue weighted by molar-refractivity contribution is 0.390. The van der Waals surface area contributed by atoms with E-state index in [1.54, 1.807) is 20.3 Å². The molecule has 0 bridgehead atoms. The van der Waals surface area contributed by atoms with Gasteiger partial charge in [0.05, 0.1) is 23.5 Å². The van der Waals surface area contributed by atoms with Crippen molar-refractivity contribution in [3.8, 4) is 11.5 Å². The lowest BCUT2D eigenvalue weighted by Crippen LogP contribution is -1.97. The number of hydrogen-bond donors (Lipinski definition) is 1. The molecular weight excluding hydrogens is 269 g/mol. The Labute approximate surface area is 85.0 Å². The fraction of sp³-hybridized carbons (Fsp3) is 0.250. The summed E-state index contributed by atoms with van der Waals surface area (Å²) in [6, 6.07) is 3.58. The minimum Gasteiger partial charge on any atom is -0.496 e. The number of nitrogens with two attached hydrogens (primary N) is 1. The number of nitrogen functional groups attached to an aromatic ring is 1. The first-order chi connectivity index (χ1) is 5.70. The maximum absolute atomic E-state index is 5.67. The van der Waals surface area contributed by atoms with Gasteiger partial charge < -0.3 is 15.2 Å². The van der Waals surface area contributed by atoms with Crippen molar-refractivity contribution in [3.05, 3.63) is 15.7 Å². The number of rotatable bonds is 2. The average Bonchev–Trinajstić information content (AvgIpc) is 2.06. The van der Waals surface area contributed by atoms with E-state index >= 15 is 0 Å². The first kappa shape index (κ1) is 9.44. The van der Waals surface area contributed by atoms with Crippen LogP contribution < -0.4 is 15.2 Å². The highest BCUT2D eigenvalue weighted by molar-refractivity contribution is 14.1. The highest BCUT2D eigenvalue weighted by Crippen LogP contribution is 2.34. The van der Waals surface area contributed by atoms with E-state index in [2.05, 4.69) is 22.6 Å². The molecule has 0 aliphatic carbocycles. The third-order valence-electron chi connectivity index (χ3n) is 1.52. The van der Waals surface area contributed by atoms with E-state index in [4.69, 9.17) is 15.2 Å². The summed E-state index contributed by atoms with van der Waals surface area (Å²) in [7, 11) is 3.21. The van der Waals surface area contributed by atoms with Crippen molar-refractivity contribution >= 4 is 28.3 Å². The molecule has 66 valence electrons. The fourth-order valence-electron chi connectivity index (χ4n) is 0.918. The molecule has 0 heterocycles. The van der Waals surface area contributed by atoms with Gasteiger partial charge in [-0.1, -0.05) is 0 Å². The SMILES string of the molecule is COc1ccc(N)c(OC)c1I. The average molecular weight is 279 g/mol. The molecule has 1 aromatic rings. The van der Waals surface area contributed by atoms with Crippen LogP contribution in [-0.2, 0) is 0 Å². The van der Waals surface area contributed by atoms with Crippen LogP contribution >= 0.6 is 22.6 Å². The summed E-state index contributed by atoms with van der Waals surface area (Å²) >= 11 is 2.14. The van der Waals surface area contributed by atoms with E-state index in [1.807, 2.05) is 6.07 Å². The van der Waals surface area contributed by atoms with Gasteiger partial charge in [-0.05, 0) is 34.7 Å². The topological polar surface area (TPSA) is 44.5 Å². The van der Waals surface area contributed by atoms with Crippen molar-refractivity contribution in [2.24, 2.45) is 0 Å². The van der Waals surface area contributed by atoms with Crippen LogP contribution in [0.15, 0.2) is 12.1 Å². The van der Waals surface area contributed by atoms with Crippen LogP contribution in [0.25, 0.3) is 0 Å². The molecule has 0 spiro atoms. The van der Waals surface area contributed by atoms with Gasteiger partial charge in [-0.2, -0.15) is 0 Å². The quantitative estimate of drug-likeness (QED) is 0.664. The molecular formula is C8H10INO2. The number of anilines is 1. The fourth-order valence-corrected chi connectivity index (χ4v) is 1.85. The zero-order valence-corrected chi connectivity index (χ0v) is 9.08. The maximum Gasteiger partial charge on any atom is 0.158 e. The number of hydrogen-bond acceptors (Lipinski definition) is 3. The normalized spacial score (nSPS) is 9.58. The second kappa shape index (κ2) is 3.84. The van der Waals surface area contributed by atoms with Gasteiger partial charge in [-0.25, -0.2) is 0 Å². The summed E-state index contributed by atoms with van der Waals surface area (Å²) in [6.45, 7) is 0. The predicted octanol–water partition coefficient (Wildman–Crippen LogP) is 1.89. The Balaban J connectivity index is 3.24. The minimum absolute atomic E-state index is 0.628. The molecule has 0 saturated carbocycles. The number of ether oxygens (including phenoxy) is 2. The molecule has 1 aromatic carbocycles. The largest absolute Gasteiger partial charge is 0.496 e. The number of halogens is 1. The van der Waals surface area contributed by atoms with Crippen molar-refractivity contribution in [1.29, 1.82) is 0 Å². The van der Waals surface area contributed by atoms with E-state index in [-0.39, 0.29) is 0 Å². The Morgan fingerprint density at radius 3 is 2.42 bits per heavy atom. The Bertz CT molecular complexity index is 289. The van der Waals surface area contributed by atoms with Gasteiger partial charge in [0.2, 0.25) is 0 Å². The molecule has 1 rings (SSSR count). The minimum atomic E-state index is 0.628. The predicted molar refractivity (Wildman–Crippen MR) is 56.7 cm³/mol. The van der Waals surface area contributed by atoms with Crippen LogP contribution in [-0.4, -0.2) is 14.2 Å². The molecule has 0 aromatic heterocycles. The van der Waals surface area contributed by atoms with Crippen molar-refractivity contribution in [2.75, 3.05) is 20.0 Å². The van der Waals surface area contributed by atoms with Crippen LogP contribution in [0.1, 0.15) is 0 Å². The Hall–Kier alpha value is -0.650. The molecule has 4 heteroatoms. The third-order valence-corrected chi connectivity index (χ3v) is 2.54. The standard InChI is InChI=1S/C8H10INO2/c1-11-6-4-3-5(10)8(12-2)7(6)9/h3-4H,10H2,1-2H3. The molecule has 12 heavy (non-hydrogen) atoms. The van der Waals surface area contributed by atoms with Gasteiger partial charge in [0.15, 0.2) is 5.75 Å². The number of methoxy groups -OCH3 is 2. The van der Waals surface area contributed by atoms with E-state index in [0.717, 1.165) is 9.32 Å². The van der Waals surface area contributed by atoms with Crippen molar-refractivity contribution < 1.29 is 9.47 Å².